The average molecular weight is 781 g/mol. The molecule has 0 atom stereocenters. The Labute approximate surface area is 234 Å². The van der Waals surface area contributed by atoms with Gasteiger partial charge in [-0.05, 0) is 36.4 Å². The Balaban J connectivity index is 0.000000486. The molecule has 6 nitrogen and oxygen atoms in total. The van der Waals surface area contributed by atoms with Crippen molar-refractivity contribution in [1.29, 1.82) is 0 Å². The molecule has 0 N–H and O–H groups in total. The van der Waals surface area contributed by atoms with Gasteiger partial charge in [-0.1, -0.05) is 24.3 Å². The third-order valence-corrected chi connectivity index (χ3v) is 3.65. The van der Waals surface area contributed by atoms with Crippen molar-refractivity contribution < 1.29 is 14.2 Å². The molecule has 0 saturated heterocycles. The number of nitrogens with zero attached hydrogens (tertiary/aromatic N) is 4. The number of rotatable bonds is 4. The Morgan fingerprint density at radius 3 is 1.58 bits per heavy atom. The first kappa shape index (κ1) is 31.1. The summed E-state index contributed by atoms with van der Waals surface area (Å²) < 4.78 is 1.83. The predicted octanol–water partition coefficient (Wildman–Crippen LogP) is 6.01. The van der Waals surface area contributed by atoms with Gasteiger partial charge in [-0.3, -0.25) is 24.5 Å². The van der Waals surface area contributed by atoms with E-state index >= 15 is 0 Å². The molecular weight excluding hydrogens is 757 g/mol. The van der Waals surface area contributed by atoms with Crippen LogP contribution in [0.2, 0.25) is 0 Å². The maximum atomic E-state index is 11.7. The number of hydrogen-bond donors (Lipinski definition) is 0. The first-order valence-corrected chi connectivity index (χ1v) is 15.7. The summed E-state index contributed by atoms with van der Waals surface area (Å²) in [6.07, 6.45) is 10.5. The predicted molar refractivity (Wildman–Crippen MR) is 157 cm³/mol. The van der Waals surface area contributed by atoms with Gasteiger partial charge in [0.15, 0.2) is 18.2 Å². The molecular formula is C24H24I3N4O2+. The number of Topliss-reactive ketones (excluding diaryl/α,β-unsaturated/α-hetero) is 2. The van der Waals surface area contributed by atoms with Gasteiger partial charge in [0.1, 0.15) is 11.4 Å². The summed E-state index contributed by atoms with van der Waals surface area (Å²) in [5.74, 6) is 0.0300. The molecule has 4 aromatic rings. The van der Waals surface area contributed by atoms with Gasteiger partial charge in [0.2, 0.25) is 12.3 Å². The number of carbonyl (C=O) groups excluding carboxylic acids is 2. The largest absolute Gasteiger partial charge is 0.293 e. The summed E-state index contributed by atoms with van der Waals surface area (Å²) in [6.45, 7) is 1.83. The molecule has 33 heavy (non-hydrogen) atoms. The Bertz CT molecular complexity index is 984. The maximum Gasteiger partial charge on any atom is 0.245 e. The highest BCUT2D eigenvalue weighted by molar-refractivity contribution is 15.0. The molecule has 0 bridgehead atoms. The summed E-state index contributed by atoms with van der Waals surface area (Å²) in [5.41, 5.74) is 1.03. The number of hydrogen-bond acceptors (Lipinski definition) is 5. The molecule has 0 saturated carbocycles. The fourth-order valence-corrected chi connectivity index (χ4v) is 2.20. The highest BCUT2D eigenvalue weighted by atomic mass is 128. The van der Waals surface area contributed by atoms with Crippen LogP contribution in [0.5, 0.6) is 0 Å². The summed E-state index contributed by atoms with van der Waals surface area (Å²) in [7, 11) is 0. The SMILES string of the molecule is CC(=O)c1ccccn1.I.II.O=C(C[n+]1ccccc1)c1ccccn1.c1ccncc1. The van der Waals surface area contributed by atoms with E-state index in [1.165, 1.54) is 6.92 Å². The van der Waals surface area contributed by atoms with Gasteiger partial charge in [0.05, 0.1) is 0 Å². The van der Waals surface area contributed by atoms with Crippen molar-refractivity contribution in [2.45, 2.75) is 13.5 Å². The number of ketones is 2. The van der Waals surface area contributed by atoms with E-state index in [0.717, 1.165) is 0 Å². The van der Waals surface area contributed by atoms with Crippen LogP contribution in [0.25, 0.3) is 0 Å². The summed E-state index contributed by atoms with van der Waals surface area (Å²) in [4.78, 5) is 33.9. The molecule has 0 aliphatic rings. The van der Waals surface area contributed by atoms with Crippen LogP contribution in [0, 0.1) is 0 Å². The second-order valence-electron chi connectivity index (χ2n) is 5.98. The van der Waals surface area contributed by atoms with Crippen molar-refractivity contribution in [1.82, 2.24) is 15.0 Å². The normalized spacial score (nSPS) is 8.58. The van der Waals surface area contributed by atoms with Crippen molar-refractivity contribution in [2.75, 3.05) is 0 Å². The lowest BCUT2D eigenvalue weighted by Gasteiger charge is -1.95. The van der Waals surface area contributed by atoms with E-state index in [9.17, 15) is 9.59 Å². The van der Waals surface area contributed by atoms with E-state index in [4.69, 9.17) is 0 Å². The molecule has 172 valence electrons. The van der Waals surface area contributed by atoms with Crippen molar-refractivity contribution in [3.05, 3.63) is 121 Å². The first-order chi connectivity index (χ1) is 15.7. The third kappa shape index (κ3) is 14.8. The fourth-order valence-electron chi connectivity index (χ4n) is 2.20. The molecule has 0 spiro atoms. The van der Waals surface area contributed by atoms with E-state index in [-0.39, 0.29) is 35.5 Å². The van der Waals surface area contributed by atoms with Crippen LogP contribution in [-0.4, -0.2) is 26.5 Å². The number of halogens is 3. The zero-order valence-electron chi connectivity index (χ0n) is 17.9. The second-order valence-corrected chi connectivity index (χ2v) is 5.98. The minimum Gasteiger partial charge on any atom is -0.293 e. The summed E-state index contributed by atoms with van der Waals surface area (Å²) >= 11 is 4.24. The standard InChI is InChI=1S/C12H11N2O.C7H7NO.C5H5N.I2.HI/c15-12(11-6-2-3-7-13-11)10-14-8-4-1-5-9-14;1-6(9)7-4-2-3-5-8-7;1-2-4-6-5-3-1;1-2;/h1-9H,10H2;2-5H,1H3;1-5H;;1H/q+1;;;;. The second kappa shape index (κ2) is 20.7. The van der Waals surface area contributed by atoms with Gasteiger partial charge in [0.25, 0.3) is 0 Å². The van der Waals surface area contributed by atoms with E-state index in [0.29, 0.717) is 17.9 Å². The zero-order valence-corrected chi connectivity index (χ0v) is 24.5. The zero-order chi connectivity index (χ0) is 23.4. The quantitative estimate of drug-likeness (QED) is 0.144. The molecule has 4 aromatic heterocycles. The molecule has 9 heteroatoms. The lowest BCUT2D eigenvalue weighted by Crippen LogP contribution is -2.37. The van der Waals surface area contributed by atoms with Crippen LogP contribution in [0.15, 0.2) is 110 Å². The Hall–Kier alpha value is -1.87. The molecule has 0 amide bonds. The topological polar surface area (TPSA) is 76.7 Å². The Morgan fingerprint density at radius 1 is 0.727 bits per heavy atom. The molecule has 0 aromatic carbocycles. The van der Waals surface area contributed by atoms with Crippen LogP contribution in [0.3, 0.4) is 0 Å². The van der Waals surface area contributed by atoms with Crippen molar-refractivity contribution in [2.24, 2.45) is 0 Å². The molecule has 0 unspecified atom stereocenters. The van der Waals surface area contributed by atoms with Gasteiger partial charge >= 0.3 is 0 Å². The van der Waals surface area contributed by atoms with E-state index < -0.39 is 0 Å². The summed E-state index contributed by atoms with van der Waals surface area (Å²) in [6, 6.07) is 22.0. The van der Waals surface area contributed by atoms with Crippen LogP contribution >= 0.6 is 61.2 Å². The van der Waals surface area contributed by atoms with E-state index in [1.807, 2.05) is 59.4 Å². The first-order valence-electron chi connectivity index (χ1n) is 9.46. The van der Waals surface area contributed by atoms with Gasteiger partial charge in [0, 0.05) is 81.1 Å². The minimum absolute atomic E-state index is 0. The highest BCUT2D eigenvalue weighted by Gasteiger charge is 2.11. The monoisotopic (exact) mass is 781 g/mol. The molecule has 0 aliphatic carbocycles. The smallest absolute Gasteiger partial charge is 0.245 e. The Kier molecular flexibility index (Phi) is 19.5. The van der Waals surface area contributed by atoms with Crippen molar-refractivity contribution in [3.8, 4) is 0 Å². The van der Waals surface area contributed by atoms with Gasteiger partial charge in [-0.15, -0.1) is 24.0 Å². The number of pyridine rings is 4. The summed E-state index contributed by atoms with van der Waals surface area (Å²) in [5, 5.41) is 0. The number of carbonyl (C=O) groups is 2. The lowest BCUT2D eigenvalue weighted by atomic mass is 10.2. The van der Waals surface area contributed by atoms with Gasteiger partial charge in [-0.2, -0.15) is 4.57 Å². The average Bonchev–Trinajstić information content (AvgIpc) is 2.89. The van der Waals surface area contributed by atoms with Gasteiger partial charge in [-0.25, -0.2) is 0 Å². The van der Waals surface area contributed by atoms with Crippen LogP contribution in [0.4, 0.5) is 0 Å². The van der Waals surface area contributed by atoms with E-state index in [1.54, 1.807) is 55.1 Å². The van der Waals surface area contributed by atoms with Gasteiger partial charge < -0.3 is 0 Å². The number of aromatic nitrogens is 4. The Morgan fingerprint density at radius 2 is 1.21 bits per heavy atom. The third-order valence-electron chi connectivity index (χ3n) is 3.65. The lowest BCUT2D eigenvalue weighted by molar-refractivity contribution is -0.683. The molecule has 4 rings (SSSR count). The maximum absolute atomic E-state index is 11.7. The van der Waals surface area contributed by atoms with Crippen molar-refractivity contribution >= 4 is 72.8 Å². The molecule has 0 radical (unpaired) electrons. The van der Waals surface area contributed by atoms with E-state index in [2.05, 4.69) is 52.2 Å². The van der Waals surface area contributed by atoms with Crippen LogP contribution in [-0.2, 0) is 6.54 Å². The van der Waals surface area contributed by atoms with Crippen LogP contribution < -0.4 is 4.57 Å². The van der Waals surface area contributed by atoms with Crippen LogP contribution in [0.1, 0.15) is 27.9 Å². The fraction of sp³-hybridized carbons (Fsp3) is 0.0833. The molecule has 0 fully saturated rings. The highest BCUT2D eigenvalue weighted by Crippen LogP contribution is 1.95. The van der Waals surface area contributed by atoms with Crippen molar-refractivity contribution in [3.63, 3.8) is 0 Å². The molecule has 4 heterocycles. The minimum atomic E-state index is 0. The molecule has 0 aliphatic heterocycles.